The fourth-order valence-electron chi connectivity index (χ4n) is 1.75. The molecule has 0 aliphatic heterocycles. The molecule has 2 N–H and O–H groups in total. The fraction of sp³-hybridized carbons (Fsp3) is 0. The van der Waals surface area contributed by atoms with Crippen LogP contribution in [0.15, 0.2) is 52.0 Å². The Bertz CT molecular complexity index is 750. The van der Waals surface area contributed by atoms with Gasteiger partial charge in [0.15, 0.2) is 11.6 Å². The summed E-state index contributed by atoms with van der Waals surface area (Å²) >= 11 is 3.28. The van der Waals surface area contributed by atoms with E-state index in [1.54, 1.807) is 12.4 Å². The molecule has 6 heteroatoms. The first kappa shape index (κ1) is 11.9. The summed E-state index contributed by atoms with van der Waals surface area (Å²) in [4.78, 5) is 26.1. The van der Waals surface area contributed by atoms with Crippen molar-refractivity contribution in [1.29, 1.82) is 0 Å². The Morgan fingerprint density at radius 1 is 1.11 bits per heavy atom. The van der Waals surface area contributed by atoms with Gasteiger partial charge in [0.25, 0.3) is 5.56 Å². The Hall–Kier alpha value is -2.21. The van der Waals surface area contributed by atoms with Crippen molar-refractivity contribution >= 4 is 15.9 Å². The number of aromatic nitrogens is 4. The number of nitrogens with zero attached hydrogens (tertiary/aromatic N) is 2. The third-order valence-electron chi connectivity index (χ3n) is 2.63. The minimum atomic E-state index is -0.236. The van der Waals surface area contributed by atoms with Gasteiger partial charge in [-0.2, -0.15) is 0 Å². The highest BCUT2D eigenvalue weighted by Gasteiger charge is 2.12. The molecule has 0 saturated carbocycles. The highest BCUT2D eigenvalue weighted by molar-refractivity contribution is 9.10. The molecule has 0 aliphatic carbocycles. The summed E-state index contributed by atoms with van der Waals surface area (Å²) in [6.45, 7) is 0. The van der Waals surface area contributed by atoms with Gasteiger partial charge < -0.3 is 9.97 Å². The Kier molecular flexibility index (Phi) is 3.00. The molecule has 0 bridgehead atoms. The van der Waals surface area contributed by atoms with E-state index in [9.17, 15) is 4.79 Å². The number of hydrogen-bond donors (Lipinski definition) is 2. The minimum absolute atomic E-state index is 0.236. The molecule has 0 spiro atoms. The number of halogens is 1. The van der Waals surface area contributed by atoms with E-state index in [-0.39, 0.29) is 5.56 Å². The molecule has 0 amide bonds. The average molecular weight is 317 g/mol. The van der Waals surface area contributed by atoms with Crippen LogP contribution in [-0.4, -0.2) is 19.9 Å². The SMILES string of the molecule is O=c1[nH]c(-c2ncc[nH]2)nc(-c2ccccc2)c1Br. The van der Waals surface area contributed by atoms with E-state index in [1.165, 1.54) is 0 Å². The van der Waals surface area contributed by atoms with Crippen molar-refractivity contribution in [1.82, 2.24) is 19.9 Å². The zero-order chi connectivity index (χ0) is 13.2. The summed E-state index contributed by atoms with van der Waals surface area (Å²) < 4.78 is 0.411. The van der Waals surface area contributed by atoms with Gasteiger partial charge in [0.05, 0.1) is 5.69 Å². The van der Waals surface area contributed by atoms with E-state index in [0.29, 0.717) is 21.8 Å². The highest BCUT2D eigenvalue weighted by atomic mass is 79.9. The number of aromatic amines is 2. The molecule has 3 aromatic rings. The first-order chi connectivity index (χ1) is 9.25. The second-order valence-electron chi connectivity index (χ2n) is 3.88. The summed E-state index contributed by atoms with van der Waals surface area (Å²) in [5.41, 5.74) is 1.23. The molecule has 1 aromatic carbocycles. The number of hydrogen-bond acceptors (Lipinski definition) is 3. The first-order valence-electron chi connectivity index (χ1n) is 5.60. The Morgan fingerprint density at radius 2 is 1.89 bits per heavy atom. The van der Waals surface area contributed by atoms with Crippen molar-refractivity contribution in [3.8, 4) is 22.9 Å². The summed E-state index contributed by atoms with van der Waals surface area (Å²) in [6.07, 6.45) is 3.29. The van der Waals surface area contributed by atoms with Crippen molar-refractivity contribution in [2.24, 2.45) is 0 Å². The molecule has 0 saturated heterocycles. The molecule has 94 valence electrons. The Labute approximate surface area is 116 Å². The quantitative estimate of drug-likeness (QED) is 0.763. The number of benzene rings is 1. The zero-order valence-corrected chi connectivity index (χ0v) is 11.3. The normalized spacial score (nSPS) is 10.6. The molecule has 5 nitrogen and oxygen atoms in total. The summed E-state index contributed by atoms with van der Waals surface area (Å²) in [7, 11) is 0. The predicted molar refractivity (Wildman–Crippen MR) is 75.6 cm³/mol. The van der Waals surface area contributed by atoms with Crippen LogP contribution in [0.3, 0.4) is 0 Å². The lowest BCUT2D eigenvalue weighted by Crippen LogP contribution is -2.12. The zero-order valence-electron chi connectivity index (χ0n) is 9.72. The maximum Gasteiger partial charge on any atom is 0.266 e. The number of H-pyrrole nitrogens is 2. The predicted octanol–water partition coefficient (Wildman–Crippen LogP) is 2.59. The van der Waals surface area contributed by atoms with Crippen molar-refractivity contribution in [2.45, 2.75) is 0 Å². The average Bonchev–Trinajstić information content (AvgIpc) is 2.97. The van der Waals surface area contributed by atoms with Gasteiger partial charge in [-0.1, -0.05) is 30.3 Å². The maximum absolute atomic E-state index is 11.9. The van der Waals surface area contributed by atoms with Crippen LogP contribution >= 0.6 is 15.9 Å². The molecule has 0 fully saturated rings. The van der Waals surface area contributed by atoms with Crippen LogP contribution in [-0.2, 0) is 0 Å². The molecule has 2 heterocycles. The molecular formula is C13H9BrN4O. The maximum atomic E-state index is 11.9. The van der Waals surface area contributed by atoms with Crippen LogP contribution < -0.4 is 5.56 Å². The van der Waals surface area contributed by atoms with Crippen LogP contribution in [0.5, 0.6) is 0 Å². The van der Waals surface area contributed by atoms with E-state index in [2.05, 4.69) is 35.9 Å². The van der Waals surface area contributed by atoms with Gasteiger partial charge in [-0.15, -0.1) is 0 Å². The summed E-state index contributed by atoms with van der Waals surface area (Å²) in [5.74, 6) is 0.943. The summed E-state index contributed by atoms with van der Waals surface area (Å²) in [6, 6.07) is 9.52. The smallest absolute Gasteiger partial charge is 0.266 e. The fourth-order valence-corrected chi connectivity index (χ4v) is 2.17. The lowest BCUT2D eigenvalue weighted by molar-refractivity contribution is 1.08. The standard InChI is InChI=1S/C13H9BrN4O/c14-9-10(8-4-2-1-3-5-8)17-12(18-13(9)19)11-15-6-7-16-11/h1-7H,(H,15,16)(H,17,18,19). The van der Waals surface area contributed by atoms with E-state index in [0.717, 1.165) is 5.56 Å². The third-order valence-corrected chi connectivity index (χ3v) is 3.37. The van der Waals surface area contributed by atoms with Crippen molar-refractivity contribution in [3.63, 3.8) is 0 Å². The van der Waals surface area contributed by atoms with Crippen molar-refractivity contribution < 1.29 is 0 Å². The number of nitrogens with one attached hydrogen (secondary N) is 2. The molecule has 0 radical (unpaired) electrons. The topological polar surface area (TPSA) is 74.4 Å². The van der Waals surface area contributed by atoms with E-state index in [1.807, 2.05) is 30.3 Å². The monoisotopic (exact) mass is 316 g/mol. The van der Waals surface area contributed by atoms with E-state index < -0.39 is 0 Å². The largest absolute Gasteiger partial charge is 0.342 e. The Morgan fingerprint density at radius 3 is 2.58 bits per heavy atom. The molecule has 0 atom stereocenters. The van der Waals surface area contributed by atoms with Crippen molar-refractivity contribution in [3.05, 3.63) is 57.6 Å². The minimum Gasteiger partial charge on any atom is -0.342 e. The first-order valence-corrected chi connectivity index (χ1v) is 6.40. The second kappa shape index (κ2) is 4.81. The van der Waals surface area contributed by atoms with Crippen molar-refractivity contribution in [2.75, 3.05) is 0 Å². The van der Waals surface area contributed by atoms with Gasteiger partial charge >= 0.3 is 0 Å². The summed E-state index contributed by atoms with van der Waals surface area (Å²) in [5, 5.41) is 0. The van der Waals surface area contributed by atoms with Crippen LogP contribution in [0.4, 0.5) is 0 Å². The number of rotatable bonds is 2. The van der Waals surface area contributed by atoms with Gasteiger partial charge in [-0.25, -0.2) is 9.97 Å². The molecule has 0 aliphatic rings. The molecule has 19 heavy (non-hydrogen) atoms. The van der Waals surface area contributed by atoms with Gasteiger partial charge in [0.2, 0.25) is 0 Å². The molecule has 0 unspecified atom stereocenters. The molecule has 3 rings (SSSR count). The van der Waals surface area contributed by atoms with E-state index in [4.69, 9.17) is 0 Å². The number of imidazole rings is 1. The Balaban J connectivity index is 2.23. The van der Waals surface area contributed by atoms with Crippen LogP contribution in [0.2, 0.25) is 0 Å². The van der Waals surface area contributed by atoms with Crippen LogP contribution in [0, 0.1) is 0 Å². The van der Waals surface area contributed by atoms with Gasteiger partial charge in [0.1, 0.15) is 4.47 Å². The van der Waals surface area contributed by atoms with E-state index >= 15 is 0 Å². The molecular weight excluding hydrogens is 308 g/mol. The van der Waals surface area contributed by atoms with Gasteiger partial charge in [-0.05, 0) is 15.9 Å². The lowest BCUT2D eigenvalue weighted by Gasteiger charge is -2.05. The van der Waals surface area contributed by atoms with Gasteiger partial charge in [-0.3, -0.25) is 4.79 Å². The lowest BCUT2D eigenvalue weighted by atomic mass is 10.1. The molecule has 2 aromatic heterocycles. The van der Waals surface area contributed by atoms with Crippen LogP contribution in [0.1, 0.15) is 0 Å². The van der Waals surface area contributed by atoms with Crippen LogP contribution in [0.25, 0.3) is 22.9 Å². The highest BCUT2D eigenvalue weighted by Crippen LogP contribution is 2.24. The second-order valence-corrected chi connectivity index (χ2v) is 4.67. The third kappa shape index (κ3) is 2.22. The van der Waals surface area contributed by atoms with Gasteiger partial charge in [0, 0.05) is 18.0 Å².